The fourth-order valence-corrected chi connectivity index (χ4v) is 3.15. The number of piperidine rings is 1. The van der Waals surface area contributed by atoms with Gasteiger partial charge in [-0.15, -0.1) is 0 Å². The Hall–Kier alpha value is -2.11. The van der Waals surface area contributed by atoms with Gasteiger partial charge in [-0.1, -0.05) is 20.8 Å². The van der Waals surface area contributed by atoms with Crippen LogP contribution in [-0.4, -0.2) is 43.0 Å². The SMILES string of the molecule is CC(C)(C)C(=O)N1CCCC(C(=O)NCCCCOc2ccc(F)cc2)C1. The summed E-state index contributed by atoms with van der Waals surface area (Å²) in [5.74, 6) is 0.376. The van der Waals surface area contributed by atoms with Crippen molar-refractivity contribution >= 4 is 11.8 Å². The van der Waals surface area contributed by atoms with Crippen molar-refractivity contribution in [1.82, 2.24) is 10.2 Å². The maximum Gasteiger partial charge on any atom is 0.227 e. The molecule has 5 nitrogen and oxygen atoms in total. The highest BCUT2D eigenvalue weighted by molar-refractivity contribution is 5.83. The lowest BCUT2D eigenvalue weighted by atomic mass is 9.91. The number of hydrogen-bond donors (Lipinski definition) is 1. The lowest BCUT2D eigenvalue weighted by molar-refractivity contribution is -0.142. The highest BCUT2D eigenvalue weighted by Crippen LogP contribution is 2.23. The van der Waals surface area contributed by atoms with Gasteiger partial charge >= 0.3 is 0 Å². The number of carbonyl (C=O) groups excluding carboxylic acids is 2. The van der Waals surface area contributed by atoms with Crippen LogP contribution in [0, 0.1) is 17.2 Å². The second kappa shape index (κ2) is 9.72. The van der Waals surface area contributed by atoms with Crippen LogP contribution >= 0.6 is 0 Å². The third kappa shape index (κ3) is 6.85. The summed E-state index contributed by atoms with van der Waals surface area (Å²) >= 11 is 0. The summed E-state index contributed by atoms with van der Waals surface area (Å²) in [4.78, 5) is 26.6. The molecule has 150 valence electrons. The molecule has 0 bridgehead atoms. The summed E-state index contributed by atoms with van der Waals surface area (Å²) < 4.78 is 18.3. The summed E-state index contributed by atoms with van der Waals surface area (Å²) in [6, 6.07) is 5.94. The monoisotopic (exact) mass is 378 g/mol. The Morgan fingerprint density at radius 3 is 2.59 bits per heavy atom. The summed E-state index contributed by atoms with van der Waals surface area (Å²) in [5, 5.41) is 2.97. The zero-order valence-electron chi connectivity index (χ0n) is 16.6. The summed E-state index contributed by atoms with van der Waals surface area (Å²) in [7, 11) is 0. The second-order valence-electron chi connectivity index (χ2n) is 8.14. The summed E-state index contributed by atoms with van der Waals surface area (Å²) in [6.07, 6.45) is 3.31. The van der Waals surface area contributed by atoms with Crippen LogP contribution in [0.25, 0.3) is 0 Å². The van der Waals surface area contributed by atoms with Gasteiger partial charge in [0, 0.05) is 25.0 Å². The Balaban J connectivity index is 1.63. The minimum atomic E-state index is -0.414. The summed E-state index contributed by atoms with van der Waals surface area (Å²) in [6.45, 7) is 8.09. The van der Waals surface area contributed by atoms with Crippen molar-refractivity contribution in [2.75, 3.05) is 26.2 Å². The van der Waals surface area contributed by atoms with Gasteiger partial charge in [0.15, 0.2) is 0 Å². The van der Waals surface area contributed by atoms with E-state index in [0.717, 1.165) is 32.2 Å². The molecular weight excluding hydrogens is 347 g/mol. The first kappa shape index (κ1) is 21.2. The third-order valence-corrected chi connectivity index (χ3v) is 4.67. The third-order valence-electron chi connectivity index (χ3n) is 4.67. The number of carbonyl (C=O) groups is 2. The zero-order chi connectivity index (χ0) is 19.9. The van der Waals surface area contributed by atoms with Crippen LogP contribution in [-0.2, 0) is 9.59 Å². The molecular formula is C21H31FN2O3. The molecule has 0 aliphatic carbocycles. The highest BCUT2D eigenvalue weighted by Gasteiger charge is 2.33. The fraction of sp³-hybridized carbons (Fsp3) is 0.619. The van der Waals surface area contributed by atoms with E-state index in [9.17, 15) is 14.0 Å². The van der Waals surface area contributed by atoms with Gasteiger partial charge in [-0.2, -0.15) is 0 Å². The molecule has 1 fully saturated rings. The molecule has 0 saturated carbocycles. The number of ether oxygens (including phenoxy) is 1. The maximum absolute atomic E-state index is 12.8. The van der Waals surface area contributed by atoms with E-state index in [0.29, 0.717) is 25.4 Å². The molecule has 1 unspecified atom stereocenters. The molecule has 6 heteroatoms. The number of halogens is 1. The molecule has 1 aliphatic heterocycles. The number of hydrogen-bond acceptors (Lipinski definition) is 3. The van der Waals surface area contributed by atoms with E-state index in [2.05, 4.69) is 5.32 Å². The maximum atomic E-state index is 12.8. The van der Waals surface area contributed by atoms with Crippen molar-refractivity contribution in [3.63, 3.8) is 0 Å². The molecule has 1 N–H and O–H groups in total. The van der Waals surface area contributed by atoms with Gasteiger partial charge in [-0.25, -0.2) is 4.39 Å². The molecule has 1 atom stereocenters. The lowest BCUT2D eigenvalue weighted by Gasteiger charge is -2.35. The molecule has 27 heavy (non-hydrogen) atoms. The minimum absolute atomic E-state index is 0.0286. The lowest BCUT2D eigenvalue weighted by Crippen LogP contribution is -2.48. The molecule has 2 amide bonds. The molecule has 2 rings (SSSR count). The van der Waals surface area contributed by atoms with Crippen LogP contribution in [0.2, 0.25) is 0 Å². The predicted octanol–water partition coefficient (Wildman–Crippen LogP) is 3.39. The van der Waals surface area contributed by atoms with Crippen molar-refractivity contribution in [1.29, 1.82) is 0 Å². The van der Waals surface area contributed by atoms with Gasteiger partial charge in [0.2, 0.25) is 11.8 Å². The fourth-order valence-electron chi connectivity index (χ4n) is 3.15. The average molecular weight is 378 g/mol. The highest BCUT2D eigenvalue weighted by atomic mass is 19.1. The van der Waals surface area contributed by atoms with Gasteiger partial charge in [0.05, 0.1) is 12.5 Å². The van der Waals surface area contributed by atoms with Crippen molar-refractivity contribution in [3.05, 3.63) is 30.1 Å². The molecule has 0 spiro atoms. The number of amides is 2. The van der Waals surface area contributed by atoms with Crippen molar-refractivity contribution < 1.29 is 18.7 Å². The number of benzene rings is 1. The van der Waals surface area contributed by atoms with E-state index < -0.39 is 5.41 Å². The number of nitrogens with zero attached hydrogens (tertiary/aromatic N) is 1. The summed E-state index contributed by atoms with van der Waals surface area (Å²) in [5.41, 5.74) is -0.414. The van der Waals surface area contributed by atoms with Crippen molar-refractivity contribution in [2.24, 2.45) is 11.3 Å². The van der Waals surface area contributed by atoms with E-state index in [1.165, 1.54) is 12.1 Å². The number of nitrogens with one attached hydrogen (secondary N) is 1. The number of likely N-dealkylation sites (tertiary alicyclic amines) is 1. The first-order valence-corrected chi connectivity index (χ1v) is 9.73. The van der Waals surface area contributed by atoms with Crippen LogP contribution in [0.15, 0.2) is 24.3 Å². The van der Waals surface area contributed by atoms with Crippen LogP contribution in [0.4, 0.5) is 4.39 Å². The van der Waals surface area contributed by atoms with E-state index in [4.69, 9.17) is 4.74 Å². The molecule has 1 heterocycles. The Labute approximate surface area is 161 Å². The first-order valence-electron chi connectivity index (χ1n) is 9.73. The van der Waals surface area contributed by atoms with Gasteiger partial charge in [0.1, 0.15) is 11.6 Å². The minimum Gasteiger partial charge on any atom is -0.494 e. The van der Waals surface area contributed by atoms with Gasteiger partial charge < -0.3 is 15.0 Å². The topological polar surface area (TPSA) is 58.6 Å². The van der Waals surface area contributed by atoms with Crippen LogP contribution < -0.4 is 10.1 Å². The molecule has 0 radical (unpaired) electrons. The predicted molar refractivity (Wildman–Crippen MR) is 103 cm³/mol. The van der Waals surface area contributed by atoms with Crippen molar-refractivity contribution in [2.45, 2.75) is 46.5 Å². The number of rotatable bonds is 7. The standard InChI is InChI=1S/C21H31FN2O3/c1-21(2,3)20(26)24-13-6-7-16(15-24)19(25)23-12-4-5-14-27-18-10-8-17(22)9-11-18/h8-11,16H,4-7,12-15H2,1-3H3,(H,23,25). The Kier molecular flexibility index (Phi) is 7.63. The van der Waals surface area contributed by atoms with Crippen LogP contribution in [0.3, 0.4) is 0 Å². The van der Waals surface area contributed by atoms with E-state index in [-0.39, 0.29) is 23.5 Å². The van der Waals surface area contributed by atoms with E-state index in [1.807, 2.05) is 25.7 Å². The first-order chi connectivity index (χ1) is 12.8. The van der Waals surface area contributed by atoms with Crippen LogP contribution in [0.1, 0.15) is 46.5 Å². The number of unbranched alkanes of at least 4 members (excludes halogenated alkanes) is 1. The Bertz CT molecular complexity index is 625. The van der Waals surface area contributed by atoms with Gasteiger partial charge in [-0.05, 0) is 49.9 Å². The second-order valence-corrected chi connectivity index (χ2v) is 8.14. The van der Waals surface area contributed by atoms with E-state index in [1.54, 1.807) is 12.1 Å². The largest absolute Gasteiger partial charge is 0.494 e. The van der Waals surface area contributed by atoms with Gasteiger partial charge in [-0.3, -0.25) is 9.59 Å². The van der Waals surface area contributed by atoms with Crippen molar-refractivity contribution in [3.8, 4) is 5.75 Å². The molecule has 1 aliphatic rings. The van der Waals surface area contributed by atoms with E-state index >= 15 is 0 Å². The Morgan fingerprint density at radius 2 is 1.93 bits per heavy atom. The quantitative estimate of drug-likeness (QED) is 0.740. The molecule has 1 aromatic rings. The zero-order valence-corrected chi connectivity index (χ0v) is 16.6. The van der Waals surface area contributed by atoms with Crippen LogP contribution in [0.5, 0.6) is 5.75 Å². The normalized spacial score (nSPS) is 17.5. The molecule has 0 aromatic heterocycles. The Morgan fingerprint density at radius 1 is 1.22 bits per heavy atom. The van der Waals surface area contributed by atoms with Gasteiger partial charge in [0.25, 0.3) is 0 Å². The molecule has 1 aromatic carbocycles. The smallest absolute Gasteiger partial charge is 0.227 e. The molecule has 1 saturated heterocycles. The average Bonchev–Trinajstić information content (AvgIpc) is 2.64.